The SMILES string of the molecule is COc1cc2[nH]cc(-c3cc4cccnc4[nH]3)c2cc1OC. The fraction of sp³-hybridized carbons (Fsp3) is 0.118. The van der Waals surface area contributed by atoms with E-state index in [1.165, 1.54) is 0 Å². The van der Waals surface area contributed by atoms with Gasteiger partial charge in [0.25, 0.3) is 0 Å². The maximum atomic E-state index is 5.40. The standard InChI is InChI=1S/C17H15N3O2/c1-21-15-7-11-12(9-19-13(11)8-16(15)22-2)14-6-10-4-3-5-18-17(10)20-14/h3-9,19H,1-2H3,(H,18,20). The first-order valence-corrected chi connectivity index (χ1v) is 6.97. The number of methoxy groups -OCH3 is 2. The molecular weight excluding hydrogens is 278 g/mol. The van der Waals surface area contributed by atoms with E-state index in [2.05, 4.69) is 21.0 Å². The van der Waals surface area contributed by atoms with Crippen LogP contribution in [0.25, 0.3) is 33.2 Å². The molecule has 5 heteroatoms. The van der Waals surface area contributed by atoms with Crippen LogP contribution in [0.1, 0.15) is 0 Å². The summed E-state index contributed by atoms with van der Waals surface area (Å²) in [6, 6.07) is 10.0. The van der Waals surface area contributed by atoms with E-state index in [9.17, 15) is 0 Å². The van der Waals surface area contributed by atoms with E-state index < -0.39 is 0 Å². The number of hydrogen-bond donors (Lipinski definition) is 2. The second-order valence-electron chi connectivity index (χ2n) is 5.08. The van der Waals surface area contributed by atoms with E-state index in [0.29, 0.717) is 11.5 Å². The molecule has 0 aliphatic carbocycles. The van der Waals surface area contributed by atoms with Crippen molar-refractivity contribution in [2.24, 2.45) is 0 Å². The van der Waals surface area contributed by atoms with Gasteiger partial charge in [-0.2, -0.15) is 0 Å². The lowest BCUT2D eigenvalue weighted by Gasteiger charge is -2.07. The number of hydrogen-bond acceptors (Lipinski definition) is 3. The lowest BCUT2D eigenvalue weighted by atomic mass is 10.1. The molecule has 1 aromatic carbocycles. The highest BCUT2D eigenvalue weighted by Gasteiger charge is 2.13. The second kappa shape index (κ2) is 4.80. The Morgan fingerprint density at radius 3 is 2.64 bits per heavy atom. The average molecular weight is 293 g/mol. The Bertz CT molecular complexity index is 936. The van der Waals surface area contributed by atoms with Crippen molar-refractivity contribution in [3.63, 3.8) is 0 Å². The molecule has 5 nitrogen and oxygen atoms in total. The van der Waals surface area contributed by atoms with Crippen LogP contribution in [0.2, 0.25) is 0 Å². The van der Waals surface area contributed by atoms with Gasteiger partial charge < -0.3 is 19.4 Å². The van der Waals surface area contributed by atoms with E-state index in [0.717, 1.165) is 33.2 Å². The van der Waals surface area contributed by atoms with Crippen LogP contribution in [0.5, 0.6) is 11.5 Å². The Morgan fingerprint density at radius 1 is 1.05 bits per heavy atom. The van der Waals surface area contributed by atoms with Gasteiger partial charge in [-0.1, -0.05) is 0 Å². The molecule has 0 spiro atoms. The molecule has 0 saturated heterocycles. The summed E-state index contributed by atoms with van der Waals surface area (Å²) in [4.78, 5) is 11.0. The molecule has 4 rings (SSSR count). The molecule has 0 saturated carbocycles. The highest BCUT2D eigenvalue weighted by atomic mass is 16.5. The first kappa shape index (κ1) is 12.8. The number of pyridine rings is 1. The third-order valence-electron chi connectivity index (χ3n) is 3.87. The molecule has 0 fully saturated rings. The Hall–Kier alpha value is -2.95. The molecule has 0 radical (unpaired) electrons. The predicted octanol–water partition coefficient (Wildman–Crippen LogP) is 3.73. The summed E-state index contributed by atoms with van der Waals surface area (Å²) in [5, 5.41) is 2.16. The Kier molecular flexibility index (Phi) is 2.79. The van der Waals surface area contributed by atoms with Crippen LogP contribution in [0.3, 0.4) is 0 Å². The summed E-state index contributed by atoms with van der Waals surface area (Å²) in [6.45, 7) is 0. The number of benzene rings is 1. The van der Waals surface area contributed by atoms with Crippen molar-refractivity contribution in [3.8, 4) is 22.8 Å². The smallest absolute Gasteiger partial charge is 0.162 e. The maximum absolute atomic E-state index is 5.40. The largest absolute Gasteiger partial charge is 0.493 e. The zero-order valence-electron chi connectivity index (χ0n) is 12.3. The van der Waals surface area contributed by atoms with E-state index in [1.807, 2.05) is 30.5 Å². The first-order chi connectivity index (χ1) is 10.8. The molecule has 0 bridgehead atoms. The molecule has 0 amide bonds. The van der Waals surface area contributed by atoms with E-state index in [-0.39, 0.29) is 0 Å². The molecule has 0 atom stereocenters. The highest BCUT2D eigenvalue weighted by molar-refractivity contribution is 5.98. The fourth-order valence-electron chi connectivity index (χ4n) is 2.77. The molecular formula is C17H15N3O2. The zero-order valence-corrected chi connectivity index (χ0v) is 12.3. The number of ether oxygens (including phenoxy) is 2. The Labute approximate surface area is 126 Å². The molecule has 3 aromatic heterocycles. The molecule has 0 unspecified atom stereocenters. The maximum Gasteiger partial charge on any atom is 0.162 e. The number of rotatable bonds is 3. The third-order valence-corrected chi connectivity index (χ3v) is 3.87. The number of nitrogens with zero attached hydrogens (tertiary/aromatic N) is 1. The van der Waals surface area contributed by atoms with Crippen molar-refractivity contribution < 1.29 is 9.47 Å². The van der Waals surface area contributed by atoms with Gasteiger partial charge in [0.15, 0.2) is 11.5 Å². The van der Waals surface area contributed by atoms with E-state index >= 15 is 0 Å². The van der Waals surface area contributed by atoms with Crippen molar-refractivity contribution >= 4 is 21.9 Å². The van der Waals surface area contributed by atoms with Gasteiger partial charge in [-0.25, -0.2) is 4.98 Å². The highest BCUT2D eigenvalue weighted by Crippen LogP contribution is 2.37. The van der Waals surface area contributed by atoms with Crippen LogP contribution < -0.4 is 9.47 Å². The van der Waals surface area contributed by atoms with Crippen molar-refractivity contribution in [1.29, 1.82) is 0 Å². The molecule has 110 valence electrons. The van der Waals surface area contributed by atoms with E-state index in [1.54, 1.807) is 20.4 Å². The summed E-state index contributed by atoms with van der Waals surface area (Å²) in [6.07, 6.45) is 3.76. The Balaban J connectivity index is 1.94. The predicted molar refractivity (Wildman–Crippen MR) is 86.5 cm³/mol. The van der Waals surface area contributed by atoms with Crippen LogP contribution in [-0.4, -0.2) is 29.2 Å². The van der Waals surface area contributed by atoms with Gasteiger partial charge in [-0.15, -0.1) is 0 Å². The van der Waals surface area contributed by atoms with Gasteiger partial charge in [-0.05, 0) is 24.3 Å². The minimum Gasteiger partial charge on any atom is -0.493 e. The molecule has 0 aliphatic rings. The van der Waals surface area contributed by atoms with Crippen molar-refractivity contribution in [1.82, 2.24) is 15.0 Å². The van der Waals surface area contributed by atoms with Crippen LogP contribution in [0, 0.1) is 0 Å². The topological polar surface area (TPSA) is 62.9 Å². The summed E-state index contributed by atoms with van der Waals surface area (Å²) >= 11 is 0. The molecule has 2 N–H and O–H groups in total. The average Bonchev–Trinajstić information content (AvgIpc) is 3.16. The summed E-state index contributed by atoms with van der Waals surface area (Å²) in [5.74, 6) is 1.42. The van der Waals surface area contributed by atoms with Crippen molar-refractivity contribution in [3.05, 3.63) is 42.7 Å². The summed E-state index contributed by atoms with van der Waals surface area (Å²) in [5.41, 5.74) is 3.98. The van der Waals surface area contributed by atoms with Crippen LogP contribution in [0.15, 0.2) is 42.7 Å². The number of fused-ring (bicyclic) bond motifs is 2. The van der Waals surface area contributed by atoms with Gasteiger partial charge >= 0.3 is 0 Å². The second-order valence-corrected chi connectivity index (χ2v) is 5.08. The number of aromatic nitrogens is 3. The van der Waals surface area contributed by atoms with Gasteiger partial charge in [0.2, 0.25) is 0 Å². The minimum absolute atomic E-state index is 0.710. The molecule has 22 heavy (non-hydrogen) atoms. The molecule has 0 aliphatic heterocycles. The first-order valence-electron chi connectivity index (χ1n) is 6.97. The lowest BCUT2D eigenvalue weighted by molar-refractivity contribution is 0.356. The zero-order chi connectivity index (χ0) is 15.1. The van der Waals surface area contributed by atoms with Crippen LogP contribution in [0.4, 0.5) is 0 Å². The van der Waals surface area contributed by atoms with E-state index in [4.69, 9.17) is 9.47 Å². The van der Waals surface area contributed by atoms with Gasteiger partial charge in [0.1, 0.15) is 5.65 Å². The lowest BCUT2D eigenvalue weighted by Crippen LogP contribution is -1.90. The Morgan fingerprint density at radius 2 is 1.86 bits per heavy atom. The van der Waals surface area contributed by atoms with Crippen molar-refractivity contribution in [2.75, 3.05) is 14.2 Å². The molecule has 4 aromatic rings. The molecule has 3 heterocycles. The quantitative estimate of drug-likeness (QED) is 0.605. The summed E-state index contributed by atoms with van der Waals surface area (Å²) < 4.78 is 10.7. The van der Waals surface area contributed by atoms with Gasteiger partial charge in [0.05, 0.1) is 19.7 Å². The summed E-state index contributed by atoms with van der Waals surface area (Å²) in [7, 11) is 3.28. The van der Waals surface area contributed by atoms with Crippen molar-refractivity contribution in [2.45, 2.75) is 0 Å². The third kappa shape index (κ3) is 1.83. The minimum atomic E-state index is 0.710. The van der Waals surface area contributed by atoms with Crippen LogP contribution >= 0.6 is 0 Å². The monoisotopic (exact) mass is 293 g/mol. The van der Waals surface area contributed by atoms with Crippen LogP contribution in [-0.2, 0) is 0 Å². The number of H-pyrrole nitrogens is 2. The number of nitrogens with one attached hydrogen (secondary N) is 2. The number of aromatic amines is 2. The van der Waals surface area contributed by atoms with Gasteiger partial charge in [0, 0.05) is 40.5 Å². The normalized spacial score (nSPS) is 11.2. The van der Waals surface area contributed by atoms with Gasteiger partial charge in [-0.3, -0.25) is 0 Å². The fourth-order valence-corrected chi connectivity index (χ4v) is 2.77.